The monoisotopic (exact) mass is 409 g/mol. The van der Waals surface area contributed by atoms with E-state index in [-0.39, 0.29) is 11.4 Å². The fourth-order valence-corrected chi connectivity index (χ4v) is 3.24. The standard InChI is InChI=1S/C22H23N3O5/c1-3-28-18-7-5-14(11-19(18)29-4-2)6-8-20-24-21(25-30-20)16-12-15-13-27-10-9-17(15)23-22(16)26/h5-8,11-12H,3-4,9-10,13H2,1-2H3,(H,23,26)/b8-6+. The SMILES string of the molecule is CCOc1ccc(/C=C/c2nc(-c3cc4c([nH]c3=O)CCOC4)no2)cc1OCC. The summed E-state index contributed by atoms with van der Waals surface area (Å²) >= 11 is 0. The van der Waals surface area contributed by atoms with Crippen LogP contribution in [0.5, 0.6) is 11.5 Å². The van der Waals surface area contributed by atoms with Gasteiger partial charge < -0.3 is 23.7 Å². The number of aromatic amines is 1. The molecule has 1 aromatic carbocycles. The molecule has 1 aliphatic heterocycles. The summed E-state index contributed by atoms with van der Waals surface area (Å²) in [4.78, 5) is 19.6. The summed E-state index contributed by atoms with van der Waals surface area (Å²) in [6.07, 6.45) is 4.22. The highest BCUT2D eigenvalue weighted by Gasteiger charge is 2.17. The van der Waals surface area contributed by atoms with E-state index in [4.69, 9.17) is 18.7 Å². The quantitative estimate of drug-likeness (QED) is 0.638. The maximum Gasteiger partial charge on any atom is 0.259 e. The first-order chi connectivity index (χ1) is 14.7. The van der Waals surface area contributed by atoms with Crippen molar-refractivity contribution in [2.24, 2.45) is 0 Å². The topological polar surface area (TPSA) is 99.5 Å². The number of ether oxygens (including phenoxy) is 3. The molecule has 3 aromatic rings. The highest BCUT2D eigenvalue weighted by Crippen LogP contribution is 2.29. The summed E-state index contributed by atoms with van der Waals surface area (Å²) in [5.41, 5.74) is 2.86. The Morgan fingerprint density at radius 3 is 2.80 bits per heavy atom. The molecule has 3 heterocycles. The number of fused-ring (bicyclic) bond motifs is 1. The Hall–Kier alpha value is -3.39. The molecule has 0 saturated carbocycles. The highest BCUT2D eigenvalue weighted by molar-refractivity contribution is 5.68. The van der Waals surface area contributed by atoms with Gasteiger partial charge in [-0.2, -0.15) is 4.98 Å². The van der Waals surface area contributed by atoms with Crippen LogP contribution in [0.4, 0.5) is 0 Å². The third kappa shape index (κ3) is 4.28. The summed E-state index contributed by atoms with van der Waals surface area (Å²) in [6, 6.07) is 7.43. The molecule has 8 nitrogen and oxygen atoms in total. The van der Waals surface area contributed by atoms with Gasteiger partial charge in [-0.05, 0) is 49.2 Å². The number of H-pyrrole nitrogens is 1. The minimum absolute atomic E-state index is 0.236. The predicted molar refractivity (Wildman–Crippen MR) is 111 cm³/mol. The predicted octanol–water partition coefficient (Wildman–Crippen LogP) is 3.47. The molecule has 8 heteroatoms. The summed E-state index contributed by atoms with van der Waals surface area (Å²) in [5, 5.41) is 3.95. The molecule has 0 amide bonds. The van der Waals surface area contributed by atoms with Gasteiger partial charge in [-0.3, -0.25) is 4.79 Å². The number of nitrogens with one attached hydrogen (secondary N) is 1. The molecule has 30 heavy (non-hydrogen) atoms. The van der Waals surface area contributed by atoms with Gasteiger partial charge in [0.15, 0.2) is 11.5 Å². The van der Waals surface area contributed by atoms with Crippen LogP contribution in [-0.2, 0) is 17.8 Å². The van der Waals surface area contributed by atoms with Crippen molar-refractivity contribution in [3.8, 4) is 22.9 Å². The van der Waals surface area contributed by atoms with E-state index in [0.29, 0.717) is 55.8 Å². The zero-order valence-electron chi connectivity index (χ0n) is 16.9. The Morgan fingerprint density at radius 1 is 1.13 bits per heavy atom. The van der Waals surface area contributed by atoms with Gasteiger partial charge in [0.1, 0.15) is 0 Å². The van der Waals surface area contributed by atoms with Crippen molar-refractivity contribution in [3.63, 3.8) is 0 Å². The van der Waals surface area contributed by atoms with E-state index in [1.54, 1.807) is 12.1 Å². The largest absolute Gasteiger partial charge is 0.490 e. The van der Waals surface area contributed by atoms with Crippen LogP contribution in [0.25, 0.3) is 23.5 Å². The molecule has 0 bridgehead atoms. The second-order valence-corrected chi connectivity index (χ2v) is 6.68. The van der Waals surface area contributed by atoms with Crippen molar-refractivity contribution in [3.05, 3.63) is 57.3 Å². The maximum atomic E-state index is 12.4. The van der Waals surface area contributed by atoms with E-state index in [9.17, 15) is 4.79 Å². The lowest BCUT2D eigenvalue weighted by Gasteiger charge is -2.15. The number of nitrogens with zero attached hydrogens (tertiary/aromatic N) is 2. The number of hydrogen-bond donors (Lipinski definition) is 1. The minimum atomic E-state index is -0.236. The molecule has 0 fully saturated rings. The van der Waals surface area contributed by atoms with Gasteiger partial charge >= 0.3 is 0 Å². The van der Waals surface area contributed by atoms with Crippen LogP contribution in [0, 0.1) is 0 Å². The molecule has 0 spiro atoms. The van der Waals surface area contributed by atoms with Gasteiger partial charge in [-0.25, -0.2) is 0 Å². The van der Waals surface area contributed by atoms with Gasteiger partial charge in [-0.15, -0.1) is 0 Å². The van der Waals surface area contributed by atoms with E-state index in [2.05, 4.69) is 15.1 Å². The third-order valence-corrected chi connectivity index (χ3v) is 4.64. The smallest absolute Gasteiger partial charge is 0.259 e. The Morgan fingerprint density at radius 2 is 1.97 bits per heavy atom. The zero-order valence-corrected chi connectivity index (χ0v) is 16.9. The summed E-state index contributed by atoms with van der Waals surface area (Å²) in [6.45, 7) is 6.03. The van der Waals surface area contributed by atoms with Crippen LogP contribution in [0.1, 0.15) is 36.6 Å². The van der Waals surface area contributed by atoms with E-state index >= 15 is 0 Å². The van der Waals surface area contributed by atoms with Crippen molar-refractivity contribution in [2.45, 2.75) is 26.9 Å². The number of aromatic nitrogens is 3. The number of hydrogen-bond acceptors (Lipinski definition) is 7. The van der Waals surface area contributed by atoms with Gasteiger partial charge in [0.05, 0.1) is 32.0 Å². The second kappa shape index (κ2) is 8.96. The average Bonchev–Trinajstić information content (AvgIpc) is 3.22. The molecular formula is C22H23N3O5. The fourth-order valence-electron chi connectivity index (χ4n) is 3.24. The van der Waals surface area contributed by atoms with Crippen LogP contribution < -0.4 is 15.0 Å². The Kier molecular flexibility index (Phi) is 5.94. The summed E-state index contributed by atoms with van der Waals surface area (Å²) < 4.78 is 22.0. The molecule has 0 radical (unpaired) electrons. The van der Waals surface area contributed by atoms with Gasteiger partial charge in [0.2, 0.25) is 5.82 Å². The number of pyridine rings is 1. The summed E-state index contributed by atoms with van der Waals surface area (Å²) in [5.74, 6) is 1.92. The lowest BCUT2D eigenvalue weighted by Crippen LogP contribution is -2.19. The van der Waals surface area contributed by atoms with Crippen LogP contribution in [0.2, 0.25) is 0 Å². The molecule has 1 N–H and O–H groups in total. The van der Waals surface area contributed by atoms with Crippen molar-refractivity contribution < 1.29 is 18.7 Å². The average molecular weight is 409 g/mol. The van der Waals surface area contributed by atoms with E-state index in [0.717, 1.165) is 16.8 Å². The lowest BCUT2D eigenvalue weighted by molar-refractivity contribution is 0.109. The molecule has 4 rings (SSSR count). The molecule has 2 aromatic heterocycles. The van der Waals surface area contributed by atoms with Crippen molar-refractivity contribution in [1.82, 2.24) is 15.1 Å². The van der Waals surface area contributed by atoms with Crippen LogP contribution in [0.3, 0.4) is 0 Å². The van der Waals surface area contributed by atoms with Crippen LogP contribution >= 0.6 is 0 Å². The van der Waals surface area contributed by atoms with Crippen molar-refractivity contribution >= 4 is 12.2 Å². The molecule has 0 saturated heterocycles. The summed E-state index contributed by atoms with van der Waals surface area (Å²) in [7, 11) is 0. The molecule has 0 atom stereocenters. The van der Waals surface area contributed by atoms with Crippen LogP contribution in [0.15, 0.2) is 33.6 Å². The first-order valence-corrected chi connectivity index (χ1v) is 9.92. The lowest BCUT2D eigenvalue weighted by atomic mass is 10.1. The van der Waals surface area contributed by atoms with Gasteiger partial charge in [0.25, 0.3) is 11.4 Å². The molecule has 156 valence electrons. The zero-order chi connectivity index (χ0) is 20.9. The van der Waals surface area contributed by atoms with E-state index in [1.807, 2.05) is 38.1 Å². The number of benzene rings is 1. The van der Waals surface area contributed by atoms with E-state index < -0.39 is 0 Å². The Balaban J connectivity index is 1.56. The first kappa shape index (κ1) is 19.9. The van der Waals surface area contributed by atoms with Gasteiger partial charge in [0, 0.05) is 18.2 Å². The highest BCUT2D eigenvalue weighted by atomic mass is 16.5. The third-order valence-electron chi connectivity index (χ3n) is 4.64. The maximum absolute atomic E-state index is 12.4. The second-order valence-electron chi connectivity index (χ2n) is 6.68. The normalized spacial score (nSPS) is 13.4. The molecule has 0 unspecified atom stereocenters. The Bertz CT molecular complexity index is 1120. The Labute approximate surface area is 173 Å². The molecule has 1 aliphatic rings. The molecular weight excluding hydrogens is 386 g/mol. The van der Waals surface area contributed by atoms with Gasteiger partial charge in [-0.1, -0.05) is 11.2 Å². The van der Waals surface area contributed by atoms with Crippen molar-refractivity contribution in [2.75, 3.05) is 19.8 Å². The number of rotatable bonds is 7. The van der Waals surface area contributed by atoms with E-state index in [1.165, 1.54) is 0 Å². The molecule has 0 aliphatic carbocycles. The van der Waals surface area contributed by atoms with Crippen LogP contribution in [-0.4, -0.2) is 34.9 Å². The van der Waals surface area contributed by atoms with Crippen molar-refractivity contribution in [1.29, 1.82) is 0 Å². The first-order valence-electron chi connectivity index (χ1n) is 9.92. The fraction of sp³-hybridized carbons (Fsp3) is 0.318. The minimum Gasteiger partial charge on any atom is -0.490 e.